The fraction of sp³-hybridized carbons (Fsp3) is 0.474. The minimum atomic E-state index is -0.949. The van der Waals surface area contributed by atoms with E-state index in [-0.39, 0.29) is 35.9 Å². The van der Waals surface area contributed by atoms with E-state index in [0.717, 1.165) is 17.0 Å². The van der Waals surface area contributed by atoms with Crippen LogP contribution in [0.15, 0.2) is 18.2 Å². The first kappa shape index (κ1) is 19.0. The maximum absolute atomic E-state index is 12.7. The molecule has 27 heavy (non-hydrogen) atoms. The third-order valence-corrected chi connectivity index (χ3v) is 5.10. The standard InChI is InChI=1S/C19H24N4O4/c1-10(2)14(20)7-8-21-11-3-4-12-13(9-11)19(27)23(18(12)26)15-5-6-16(24)22-17(15)25/h3-4,9-10,14-15,21H,5-8,20H2,1-2H3,(H,22,24,25)/t14-,15?/m1/s1. The summed E-state index contributed by atoms with van der Waals surface area (Å²) in [7, 11) is 0. The van der Waals surface area contributed by atoms with Crippen molar-refractivity contribution in [3.05, 3.63) is 29.3 Å². The van der Waals surface area contributed by atoms with Crippen molar-refractivity contribution in [2.75, 3.05) is 11.9 Å². The average Bonchev–Trinajstić information content (AvgIpc) is 2.86. The van der Waals surface area contributed by atoms with E-state index in [1.54, 1.807) is 18.2 Å². The zero-order valence-corrected chi connectivity index (χ0v) is 15.5. The van der Waals surface area contributed by atoms with Crippen LogP contribution in [-0.4, -0.2) is 47.2 Å². The Kier molecular flexibility index (Phi) is 5.27. The predicted octanol–water partition coefficient (Wildman–Crippen LogP) is 0.873. The average molecular weight is 372 g/mol. The van der Waals surface area contributed by atoms with Gasteiger partial charge >= 0.3 is 0 Å². The van der Waals surface area contributed by atoms with Crippen molar-refractivity contribution in [1.29, 1.82) is 0 Å². The molecule has 2 heterocycles. The van der Waals surface area contributed by atoms with Crippen LogP contribution >= 0.6 is 0 Å². The number of rotatable bonds is 6. The number of amides is 4. The normalized spacial score (nSPS) is 20.7. The highest BCUT2D eigenvalue weighted by atomic mass is 16.2. The van der Waals surface area contributed by atoms with Crippen LogP contribution in [0, 0.1) is 5.92 Å². The molecule has 0 radical (unpaired) electrons. The van der Waals surface area contributed by atoms with Crippen LogP contribution in [0.25, 0.3) is 0 Å². The Hall–Kier alpha value is -2.74. The summed E-state index contributed by atoms with van der Waals surface area (Å²) in [4.78, 5) is 49.7. The summed E-state index contributed by atoms with van der Waals surface area (Å²) < 4.78 is 0. The van der Waals surface area contributed by atoms with Gasteiger partial charge in [0.25, 0.3) is 11.8 Å². The van der Waals surface area contributed by atoms with Crippen LogP contribution < -0.4 is 16.4 Å². The maximum atomic E-state index is 12.7. The zero-order chi connectivity index (χ0) is 19.7. The van der Waals surface area contributed by atoms with E-state index in [9.17, 15) is 19.2 Å². The summed E-state index contributed by atoms with van der Waals surface area (Å²) in [5, 5.41) is 5.40. The lowest BCUT2D eigenvalue weighted by Gasteiger charge is -2.27. The highest BCUT2D eigenvalue weighted by Crippen LogP contribution is 2.29. The van der Waals surface area contributed by atoms with Crippen LogP contribution in [0.2, 0.25) is 0 Å². The van der Waals surface area contributed by atoms with Crippen molar-refractivity contribution >= 4 is 29.3 Å². The van der Waals surface area contributed by atoms with Crippen LogP contribution in [-0.2, 0) is 9.59 Å². The molecule has 4 N–H and O–H groups in total. The molecule has 144 valence electrons. The number of nitrogens with zero attached hydrogens (tertiary/aromatic N) is 1. The largest absolute Gasteiger partial charge is 0.385 e. The molecule has 0 aromatic heterocycles. The number of carbonyl (C=O) groups excluding carboxylic acids is 4. The number of piperidine rings is 1. The predicted molar refractivity (Wildman–Crippen MR) is 99.0 cm³/mol. The number of carbonyl (C=O) groups is 4. The molecule has 1 aromatic rings. The Morgan fingerprint density at radius 2 is 1.89 bits per heavy atom. The minimum Gasteiger partial charge on any atom is -0.385 e. The van der Waals surface area contributed by atoms with Gasteiger partial charge in [0.05, 0.1) is 11.1 Å². The second-order valence-corrected chi connectivity index (χ2v) is 7.33. The monoisotopic (exact) mass is 372 g/mol. The molecule has 2 atom stereocenters. The molecule has 3 rings (SSSR count). The van der Waals surface area contributed by atoms with Gasteiger partial charge in [-0.05, 0) is 37.0 Å². The zero-order valence-electron chi connectivity index (χ0n) is 15.5. The van der Waals surface area contributed by atoms with Crippen molar-refractivity contribution in [3.8, 4) is 0 Å². The van der Waals surface area contributed by atoms with Gasteiger partial charge in [0.2, 0.25) is 11.8 Å². The van der Waals surface area contributed by atoms with Gasteiger partial charge in [-0.2, -0.15) is 0 Å². The van der Waals surface area contributed by atoms with Crippen LogP contribution in [0.1, 0.15) is 53.8 Å². The first-order valence-corrected chi connectivity index (χ1v) is 9.14. The van der Waals surface area contributed by atoms with Crippen molar-refractivity contribution in [2.45, 2.75) is 45.2 Å². The topological polar surface area (TPSA) is 122 Å². The van der Waals surface area contributed by atoms with Gasteiger partial charge < -0.3 is 11.1 Å². The van der Waals surface area contributed by atoms with Gasteiger partial charge in [-0.15, -0.1) is 0 Å². The summed E-state index contributed by atoms with van der Waals surface area (Å²) in [6, 6.07) is 4.08. The highest BCUT2D eigenvalue weighted by Gasteiger charge is 2.44. The van der Waals surface area contributed by atoms with Crippen molar-refractivity contribution in [2.24, 2.45) is 11.7 Å². The second-order valence-electron chi connectivity index (χ2n) is 7.33. The van der Waals surface area contributed by atoms with E-state index in [1.165, 1.54) is 0 Å². The Bertz CT molecular complexity index is 805. The Morgan fingerprint density at radius 1 is 1.19 bits per heavy atom. The number of nitrogens with one attached hydrogen (secondary N) is 2. The Labute approximate surface area is 157 Å². The number of benzene rings is 1. The molecule has 1 saturated heterocycles. The smallest absolute Gasteiger partial charge is 0.262 e. The van der Waals surface area contributed by atoms with Crippen molar-refractivity contribution in [3.63, 3.8) is 0 Å². The number of fused-ring (bicyclic) bond motifs is 1. The van der Waals surface area contributed by atoms with Crippen LogP contribution in [0.5, 0.6) is 0 Å². The molecule has 8 heteroatoms. The summed E-state index contributed by atoms with van der Waals surface area (Å²) in [5.41, 5.74) is 7.28. The number of hydrogen-bond donors (Lipinski definition) is 3. The molecule has 0 aliphatic carbocycles. The molecule has 8 nitrogen and oxygen atoms in total. The number of imide groups is 2. The van der Waals surface area contributed by atoms with Crippen LogP contribution in [0.3, 0.4) is 0 Å². The van der Waals surface area contributed by atoms with E-state index in [1.807, 2.05) is 0 Å². The molecule has 4 amide bonds. The van der Waals surface area contributed by atoms with Crippen molar-refractivity contribution in [1.82, 2.24) is 10.2 Å². The Morgan fingerprint density at radius 3 is 2.56 bits per heavy atom. The third-order valence-electron chi connectivity index (χ3n) is 5.10. The molecular formula is C19H24N4O4. The number of hydrogen-bond acceptors (Lipinski definition) is 6. The van der Waals surface area contributed by atoms with E-state index < -0.39 is 23.8 Å². The fourth-order valence-electron chi connectivity index (χ4n) is 3.30. The van der Waals surface area contributed by atoms with Gasteiger partial charge in [-0.3, -0.25) is 29.4 Å². The summed E-state index contributed by atoms with van der Waals surface area (Å²) in [5.74, 6) is -1.63. The number of nitrogens with two attached hydrogens (primary N) is 1. The fourth-order valence-corrected chi connectivity index (χ4v) is 3.30. The summed E-state index contributed by atoms with van der Waals surface area (Å²) in [6.07, 6.45) is 1.03. The van der Waals surface area contributed by atoms with Gasteiger partial charge in [-0.25, -0.2) is 0 Å². The first-order chi connectivity index (χ1) is 12.8. The SMILES string of the molecule is CC(C)[C@H](N)CCNc1ccc2c(c1)C(=O)N(C1CCC(=O)NC1=O)C2=O. The molecular weight excluding hydrogens is 348 g/mol. The lowest BCUT2D eigenvalue weighted by Crippen LogP contribution is -2.54. The lowest BCUT2D eigenvalue weighted by molar-refractivity contribution is -0.136. The van der Waals surface area contributed by atoms with Crippen LogP contribution in [0.4, 0.5) is 5.69 Å². The van der Waals surface area contributed by atoms with Crippen molar-refractivity contribution < 1.29 is 19.2 Å². The van der Waals surface area contributed by atoms with E-state index in [2.05, 4.69) is 24.5 Å². The molecule has 0 bridgehead atoms. The second kappa shape index (κ2) is 7.48. The van der Waals surface area contributed by atoms with Gasteiger partial charge in [0, 0.05) is 24.7 Å². The number of anilines is 1. The quantitative estimate of drug-likeness (QED) is 0.637. The first-order valence-electron chi connectivity index (χ1n) is 9.14. The molecule has 1 unspecified atom stereocenters. The summed E-state index contributed by atoms with van der Waals surface area (Å²) in [6.45, 7) is 4.78. The molecule has 1 aromatic carbocycles. The molecule has 0 spiro atoms. The lowest BCUT2D eigenvalue weighted by atomic mass is 10.0. The highest BCUT2D eigenvalue weighted by molar-refractivity contribution is 6.23. The Balaban J connectivity index is 1.73. The van der Waals surface area contributed by atoms with E-state index in [4.69, 9.17) is 5.73 Å². The van der Waals surface area contributed by atoms with Gasteiger partial charge in [0.1, 0.15) is 6.04 Å². The minimum absolute atomic E-state index is 0.0816. The maximum Gasteiger partial charge on any atom is 0.262 e. The summed E-state index contributed by atoms with van der Waals surface area (Å²) >= 11 is 0. The van der Waals surface area contributed by atoms with Gasteiger partial charge in [-0.1, -0.05) is 13.8 Å². The molecule has 2 aliphatic heterocycles. The molecule has 1 fully saturated rings. The van der Waals surface area contributed by atoms with E-state index in [0.29, 0.717) is 12.5 Å². The van der Waals surface area contributed by atoms with E-state index >= 15 is 0 Å². The molecule has 0 saturated carbocycles. The van der Waals surface area contributed by atoms with Gasteiger partial charge in [0.15, 0.2) is 0 Å². The third kappa shape index (κ3) is 3.71. The molecule has 2 aliphatic rings.